The van der Waals surface area contributed by atoms with Crippen LogP contribution < -0.4 is 5.14 Å². The molecule has 0 bridgehead atoms. The lowest BCUT2D eigenvalue weighted by molar-refractivity contribution is -0.142. The topological polar surface area (TPSA) is 102 Å². The van der Waals surface area contributed by atoms with Crippen LogP contribution in [0.5, 0.6) is 0 Å². The lowest BCUT2D eigenvalue weighted by Gasteiger charge is -2.27. The number of nitrogens with two attached hydrogens (primary N) is 1. The molecule has 0 atom stereocenters. The molecule has 0 amide bonds. The van der Waals surface area contributed by atoms with Crippen molar-refractivity contribution in [2.24, 2.45) is 5.14 Å². The van der Waals surface area contributed by atoms with Crippen molar-refractivity contribution in [2.75, 3.05) is 0 Å². The predicted octanol–water partition coefficient (Wildman–Crippen LogP) is 5.46. The van der Waals surface area contributed by atoms with Gasteiger partial charge in [0.1, 0.15) is 6.61 Å². The normalized spacial score (nSPS) is 19.2. The Hall–Kier alpha value is -2.06. The first-order valence-corrected chi connectivity index (χ1v) is 12.7. The monoisotopic (exact) mass is 494 g/mol. The highest BCUT2D eigenvalue weighted by Crippen LogP contribution is 2.42. The number of primary sulfonamides is 1. The van der Waals surface area contributed by atoms with Gasteiger partial charge >= 0.3 is 5.97 Å². The van der Waals surface area contributed by atoms with Gasteiger partial charge < -0.3 is 9.72 Å². The molecule has 1 aromatic heterocycles. The second-order valence-corrected chi connectivity index (χ2v) is 10.7. The summed E-state index contributed by atoms with van der Waals surface area (Å²) in [6, 6.07) is 10.7. The Bertz CT molecular complexity index is 1280. The summed E-state index contributed by atoms with van der Waals surface area (Å²) in [5, 5.41) is 7.18. The highest BCUT2D eigenvalue weighted by atomic mass is 35.5. The van der Waals surface area contributed by atoms with E-state index in [1.165, 1.54) is 6.92 Å². The van der Waals surface area contributed by atoms with E-state index in [1.54, 1.807) is 18.2 Å². The van der Waals surface area contributed by atoms with Gasteiger partial charge in [0, 0.05) is 39.4 Å². The van der Waals surface area contributed by atoms with Crippen LogP contribution in [0, 0.1) is 0 Å². The van der Waals surface area contributed by atoms with Gasteiger partial charge in [-0.05, 0) is 49.3 Å². The van der Waals surface area contributed by atoms with Crippen LogP contribution in [0.25, 0.3) is 22.2 Å². The molecule has 6 nitrogen and oxygen atoms in total. The van der Waals surface area contributed by atoms with Crippen LogP contribution in [0.4, 0.5) is 0 Å². The Morgan fingerprint density at radius 2 is 1.91 bits per heavy atom. The third-order valence-electron chi connectivity index (χ3n) is 5.98. The van der Waals surface area contributed by atoms with Crippen molar-refractivity contribution in [3.63, 3.8) is 0 Å². The second kappa shape index (κ2) is 9.06. The zero-order valence-corrected chi connectivity index (χ0v) is 19.9. The number of hydrogen-bond acceptors (Lipinski definition) is 4. The zero-order chi connectivity index (χ0) is 23.0. The summed E-state index contributed by atoms with van der Waals surface area (Å²) >= 11 is 12.4. The lowest BCUT2D eigenvalue weighted by atomic mass is 9.83. The number of alkyl halides is 1. The fourth-order valence-electron chi connectivity index (χ4n) is 4.54. The molecule has 4 rings (SSSR count). The number of benzene rings is 2. The maximum atomic E-state index is 12.8. The van der Waals surface area contributed by atoms with Crippen molar-refractivity contribution in [3.05, 3.63) is 52.5 Å². The van der Waals surface area contributed by atoms with E-state index in [0.717, 1.165) is 31.1 Å². The van der Waals surface area contributed by atoms with Gasteiger partial charge in [-0.3, -0.25) is 4.79 Å². The standard InChI is InChI=1S/C23H24Cl2N2O4S/c1-13(28)31-12-20-18-10-9-16(25)11-21(18)27-22(20)19-4-2-3-17(23(19)32(26,29)30)14-5-7-15(24)8-6-14/h2-4,9-11,14-15,27H,5-8,12H2,1H3,(H2,26,29,30). The maximum Gasteiger partial charge on any atom is 0.302 e. The Morgan fingerprint density at radius 3 is 2.56 bits per heavy atom. The molecule has 3 N–H and O–H groups in total. The van der Waals surface area contributed by atoms with E-state index < -0.39 is 16.0 Å². The minimum atomic E-state index is -4.06. The molecule has 1 aliphatic rings. The molecule has 32 heavy (non-hydrogen) atoms. The Balaban J connectivity index is 1.94. The van der Waals surface area contributed by atoms with Gasteiger partial charge in [-0.15, -0.1) is 11.6 Å². The number of hydrogen-bond donors (Lipinski definition) is 2. The van der Waals surface area contributed by atoms with E-state index in [-0.39, 0.29) is 22.8 Å². The summed E-state index contributed by atoms with van der Waals surface area (Å²) < 4.78 is 30.9. The number of rotatable bonds is 5. The van der Waals surface area contributed by atoms with Gasteiger partial charge in [0.15, 0.2) is 0 Å². The molecule has 0 unspecified atom stereocenters. The Morgan fingerprint density at radius 1 is 1.19 bits per heavy atom. The van der Waals surface area contributed by atoms with E-state index in [0.29, 0.717) is 32.9 Å². The summed E-state index contributed by atoms with van der Waals surface area (Å²) in [7, 11) is -4.06. The average molecular weight is 495 g/mol. The first-order chi connectivity index (χ1) is 15.1. The summed E-state index contributed by atoms with van der Waals surface area (Å²) in [6.07, 6.45) is 3.23. The van der Waals surface area contributed by atoms with Gasteiger partial charge in [0.25, 0.3) is 0 Å². The number of nitrogens with one attached hydrogen (secondary N) is 1. The second-order valence-electron chi connectivity index (χ2n) is 8.17. The van der Waals surface area contributed by atoms with Gasteiger partial charge in [-0.2, -0.15) is 0 Å². The maximum absolute atomic E-state index is 12.8. The lowest BCUT2D eigenvalue weighted by Crippen LogP contribution is -2.20. The number of fused-ring (bicyclic) bond motifs is 1. The minimum absolute atomic E-state index is 0.0159. The zero-order valence-electron chi connectivity index (χ0n) is 17.5. The van der Waals surface area contributed by atoms with E-state index in [9.17, 15) is 13.2 Å². The largest absolute Gasteiger partial charge is 0.461 e. The molecular formula is C23H24Cl2N2O4S. The van der Waals surface area contributed by atoms with E-state index in [4.69, 9.17) is 33.1 Å². The highest BCUT2D eigenvalue weighted by molar-refractivity contribution is 7.89. The summed E-state index contributed by atoms with van der Waals surface area (Å²) in [5.41, 5.74) is 3.07. The Kier molecular flexibility index (Phi) is 6.54. The number of carbonyl (C=O) groups is 1. The third kappa shape index (κ3) is 4.66. The van der Waals surface area contributed by atoms with Crippen LogP contribution in [0.2, 0.25) is 5.02 Å². The van der Waals surface area contributed by atoms with Crippen molar-refractivity contribution in [3.8, 4) is 11.3 Å². The van der Waals surface area contributed by atoms with Gasteiger partial charge in [-0.25, -0.2) is 13.6 Å². The highest BCUT2D eigenvalue weighted by Gasteiger charge is 2.29. The molecule has 0 saturated heterocycles. The average Bonchev–Trinajstić information content (AvgIpc) is 3.09. The number of halogens is 2. The molecule has 3 aromatic rings. The molecule has 0 aliphatic heterocycles. The molecule has 1 aliphatic carbocycles. The van der Waals surface area contributed by atoms with Crippen LogP contribution in [-0.2, 0) is 26.2 Å². The number of aromatic amines is 1. The van der Waals surface area contributed by atoms with E-state index in [2.05, 4.69) is 4.98 Å². The van der Waals surface area contributed by atoms with Gasteiger partial charge in [0.2, 0.25) is 10.0 Å². The van der Waals surface area contributed by atoms with Crippen LogP contribution in [0.15, 0.2) is 41.3 Å². The molecule has 1 heterocycles. The summed E-state index contributed by atoms with van der Waals surface area (Å²) in [4.78, 5) is 14.9. The van der Waals surface area contributed by atoms with Crippen LogP contribution in [0.3, 0.4) is 0 Å². The van der Waals surface area contributed by atoms with Crippen molar-refractivity contribution in [1.29, 1.82) is 0 Å². The number of H-pyrrole nitrogens is 1. The van der Waals surface area contributed by atoms with Crippen molar-refractivity contribution in [1.82, 2.24) is 4.98 Å². The van der Waals surface area contributed by atoms with E-state index in [1.807, 2.05) is 18.2 Å². The summed E-state index contributed by atoms with van der Waals surface area (Å²) in [6.45, 7) is 1.31. The van der Waals surface area contributed by atoms with Gasteiger partial charge in [-0.1, -0.05) is 35.9 Å². The fourth-order valence-corrected chi connectivity index (χ4v) is 6.00. The number of ether oxygens (including phenoxy) is 1. The van der Waals surface area contributed by atoms with Crippen LogP contribution in [0.1, 0.15) is 49.7 Å². The molecule has 1 saturated carbocycles. The van der Waals surface area contributed by atoms with Gasteiger partial charge in [0.05, 0.1) is 10.6 Å². The number of carbonyl (C=O) groups excluding carboxylic acids is 1. The third-order valence-corrected chi connectivity index (χ3v) is 7.68. The van der Waals surface area contributed by atoms with Crippen LogP contribution in [-0.4, -0.2) is 24.7 Å². The van der Waals surface area contributed by atoms with Crippen LogP contribution >= 0.6 is 23.2 Å². The number of aromatic nitrogens is 1. The van der Waals surface area contributed by atoms with Crippen molar-refractivity contribution < 1.29 is 17.9 Å². The first-order valence-electron chi connectivity index (χ1n) is 10.4. The SMILES string of the molecule is CC(=O)OCc1c(-c2cccc(C3CCC(Cl)CC3)c2S(N)(=O)=O)[nH]c2cc(Cl)ccc12. The van der Waals surface area contributed by atoms with Crippen molar-refractivity contribution >= 4 is 50.1 Å². The number of sulfonamides is 1. The molecule has 0 radical (unpaired) electrons. The quantitative estimate of drug-likeness (QED) is 0.362. The molecule has 1 fully saturated rings. The molecular weight excluding hydrogens is 471 g/mol. The molecule has 9 heteroatoms. The minimum Gasteiger partial charge on any atom is -0.461 e. The molecule has 0 spiro atoms. The Labute approximate surface area is 197 Å². The predicted molar refractivity (Wildman–Crippen MR) is 126 cm³/mol. The fraction of sp³-hybridized carbons (Fsp3) is 0.348. The number of esters is 1. The summed E-state index contributed by atoms with van der Waals surface area (Å²) in [5.74, 6) is -0.383. The smallest absolute Gasteiger partial charge is 0.302 e. The first kappa shape index (κ1) is 23.1. The van der Waals surface area contributed by atoms with E-state index >= 15 is 0 Å². The molecule has 2 aromatic carbocycles. The molecule has 170 valence electrons. The van der Waals surface area contributed by atoms with Crippen molar-refractivity contribution in [2.45, 2.75) is 55.4 Å².